The Morgan fingerprint density at radius 1 is 1.50 bits per heavy atom. The topological polar surface area (TPSA) is 86.9 Å². The Kier molecular flexibility index (Phi) is 4.79. The second-order valence-electron chi connectivity index (χ2n) is 5.46. The van der Waals surface area contributed by atoms with Crippen LogP contribution in [0.25, 0.3) is 0 Å². The van der Waals surface area contributed by atoms with E-state index in [9.17, 15) is 19.3 Å². The Bertz CT molecular complexity index is 573. The molecule has 1 heterocycles. The number of carboxylic acid groups (broad SMARTS) is 1. The number of carbonyl (C=O) groups is 1. The van der Waals surface area contributed by atoms with Crippen molar-refractivity contribution in [2.24, 2.45) is 5.92 Å². The molecule has 1 aromatic rings. The highest BCUT2D eigenvalue weighted by Gasteiger charge is 2.28. The molecule has 1 fully saturated rings. The highest BCUT2D eigenvalue weighted by Crippen LogP contribution is 2.33. The van der Waals surface area contributed by atoms with Gasteiger partial charge in [0.2, 0.25) is 0 Å². The first-order chi connectivity index (χ1) is 10.4. The van der Waals surface area contributed by atoms with Gasteiger partial charge in [-0.25, -0.2) is 9.18 Å². The van der Waals surface area contributed by atoms with Crippen molar-refractivity contribution in [3.8, 4) is 0 Å². The van der Waals surface area contributed by atoms with Gasteiger partial charge in [-0.3, -0.25) is 10.1 Å². The number of piperidine rings is 1. The molecule has 0 unspecified atom stereocenters. The normalized spacial score (nSPS) is 15.6. The molecule has 0 aromatic heterocycles. The lowest BCUT2D eigenvalue weighted by Crippen LogP contribution is -2.39. The van der Waals surface area contributed by atoms with E-state index in [2.05, 4.69) is 0 Å². The average molecular weight is 311 g/mol. The van der Waals surface area contributed by atoms with Crippen molar-refractivity contribution in [1.29, 1.82) is 0 Å². The zero-order chi connectivity index (χ0) is 16.3. The number of hydrogen-bond acceptors (Lipinski definition) is 4. The Balaban J connectivity index is 2.06. The minimum Gasteiger partial charge on any atom is -0.465 e. The maximum absolute atomic E-state index is 14.0. The van der Waals surface area contributed by atoms with Gasteiger partial charge in [0.25, 0.3) is 5.69 Å². The van der Waals surface area contributed by atoms with Crippen LogP contribution in [0, 0.1) is 21.8 Å². The van der Waals surface area contributed by atoms with Crippen LogP contribution in [-0.4, -0.2) is 47.7 Å². The van der Waals surface area contributed by atoms with Crippen molar-refractivity contribution in [3.63, 3.8) is 0 Å². The first-order valence-electron chi connectivity index (χ1n) is 7.02. The molecular weight excluding hydrogens is 293 g/mol. The summed E-state index contributed by atoms with van der Waals surface area (Å²) in [7, 11) is 1.51. The van der Waals surface area contributed by atoms with E-state index >= 15 is 0 Å². The molecule has 0 aliphatic carbocycles. The number of nitro groups is 1. The summed E-state index contributed by atoms with van der Waals surface area (Å²) < 4.78 is 14.0. The van der Waals surface area contributed by atoms with Gasteiger partial charge in [-0.05, 0) is 24.8 Å². The van der Waals surface area contributed by atoms with Crippen molar-refractivity contribution >= 4 is 17.5 Å². The van der Waals surface area contributed by atoms with Crippen LogP contribution in [0.4, 0.5) is 20.6 Å². The number of nitrogens with zero attached hydrogens (tertiary/aromatic N) is 3. The maximum atomic E-state index is 14.0. The fourth-order valence-electron chi connectivity index (χ4n) is 2.77. The van der Waals surface area contributed by atoms with Gasteiger partial charge in [-0.1, -0.05) is 6.07 Å². The third-order valence-electron chi connectivity index (χ3n) is 3.95. The van der Waals surface area contributed by atoms with Crippen LogP contribution in [0.5, 0.6) is 0 Å². The number of amides is 1. The summed E-state index contributed by atoms with van der Waals surface area (Å²) in [5.41, 5.74) is -0.210. The molecule has 120 valence electrons. The molecule has 1 N–H and O–H groups in total. The second kappa shape index (κ2) is 6.59. The van der Waals surface area contributed by atoms with Crippen molar-refractivity contribution < 1.29 is 19.2 Å². The lowest BCUT2D eigenvalue weighted by Gasteiger charge is -2.34. The van der Waals surface area contributed by atoms with E-state index in [4.69, 9.17) is 5.11 Å². The summed E-state index contributed by atoms with van der Waals surface area (Å²) in [5, 5.41) is 19.9. The Morgan fingerprint density at radius 2 is 2.14 bits per heavy atom. The van der Waals surface area contributed by atoms with E-state index in [1.165, 1.54) is 30.1 Å². The van der Waals surface area contributed by atoms with E-state index in [-0.39, 0.29) is 17.3 Å². The minimum atomic E-state index is -0.979. The van der Waals surface area contributed by atoms with Crippen LogP contribution in [0.3, 0.4) is 0 Å². The van der Waals surface area contributed by atoms with Crippen LogP contribution < -0.4 is 4.90 Å². The smallest absolute Gasteiger partial charge is 0.407 e. The molecule has 1 saturated heterocycles. The van der Waals surface area contributed by atoms with Gasteiger partial charge in [0.15, 0.2) is 11.5 Å². The van der Waals surface area contributed by atoms with E-state index in [1.807, 2.05) is 0 Å². The number of halogens is 1. The third-order valence-corrected chi connectivity index (χ3v) is 3.95. The summed E-state index contributed by atoms with van der Waals surface area (Å²) in [4.78, 5) is 24.2. The molecule has 0 saturated carbocycles. The largest absolute Gasteiger partial charge is 0.465 e. The summed E-state index contributed by atoms with van der Waals surface area (Å²) in [5.74, 6) is -0.418. The molecule has 1 aliphatic rings. The standard InChI is InChI=1S/C14H18FN3O4/c1-16(14(19)20)9-10-5-7-17(8-6-10)13-11(15)3-2-4-12(13)18(21)22/h2-4,10H,5-9H2,1H3,(H,19,20). The quantitative estimate of drug-likeness (QED) is 0.682. The van der Waals surface area contributed by atoms with Crippen molar-refractivity contribution in [1.82, 2.24) is 4.90 Å². The van der Waals surface area contributed by atoms with Gasteiger partial charge in [0.1, 0.15) is 0 Å². The van der Waals surface area contributed by atoms with Gasteiger partial charge in [0, 0.05) is 32.7 Å². The molecule has 8 heteroatoms. The van der Waals surface area contributed by atoms with Gasteiger partial charge >= 0.3 is 6.09 Å². The van der Waals surface area contributed by atoms with Crippen LogP contribution in [-0.2, 0) is 0 Å². The molecule has 1 amide bonds. The molecule has 1 aliphatic heterocycles. The van der Waals surface area contributed by atoms with Crippen LogP contribution in [0.2, 0.25) is 0 Å². The maximum Gasteiger partial charge on any atom is 0.407 e. The van der Waals surface area contributed by atoms with Gasteiger partial charge in [-0.2, -0.15) is 0 Å². The molecule has 0 spiro atoms. The molecule has 22 heavy (non-hydrogen) atoms. The zero-order valence-corrected chi connectivity index (χ0v) is 12.2. The lowest BCUT2D eigenvalue weighted by molar-refractivity contribution is -0.384. The van der Waals surface area contributed by atoms with Crippen LogP contribution >= 0.6 is 0 Å². The molecular formula is C14H18FN3O4. The van der Waals surface area contributed by atoms with Crippen molar-refractivity contribution in [3.05, 3.63) is 34.1 Å². The number of nitro benzene ring substituents is 1. The monoisotopic (exact) mass is 311 g/mol. The van der Waals surface area contributed by atoms with Gasteiger partial charge < -0.3 is 14.9 Å². The number of rotatable bonds is 4. The van der Waals surface area contributed by atoms with E-state index in [0.29, 0.717) is 32.5 Å². The summed E-state index contributed by atoms with van der Waals surface area (Å²) in [6, 6.07) is 3.83. The Hall–Kier alpha value is -2.38. The van der Waals surface area contributed by atoms with Crippen LogP contribution in [0.1, 0.15) is 12.8 Å². The summed E-state index contributed by atoms with van der Waals surface area (Å²) >= 11 is 0. The fourth-order valence-corrected chi connectivity index (χ4v) is 2.77. The molecule has 2 rings (SSSR count). The van der Waals surface area contributed by atoms with E-state index in [1.54, 1.807) is 4.90 Å². The number of anilines is 1. The molecule has 0 radical (unpaired) electrons. The summed E-state index contributed by atoms with van der Waals surface area (Å²) in [6.07, 6.45) is 0.360. The first-order valence-corrected chi connectivity index (χ1v) is 7.02. The van der Waals surface area contributed by atoms with E-state index in [0.717, 1.165) is 0 Å². The van der Waals surface area contributed by atoms with Gasteiger partial charge in [-0.15, -0.1) is 0 Å². The van der Waals surface area contributed by atoms with E-state index < -0.39 is 16.8 Å². The summed E-state index contributed by atoms with van der Waals surface area (Å²) in [6.45, 7) is 1.36. The number of hydrogen-bond donors (Lipinski definition) is 1. The average Bonchev–Trinajstić information content (AvgIpc) is 2.47. The predicted octanol–water partition coefficient (Wildman–Crippen LogP) is 2.56. The SMILES string of the molecule is CN(CC1CCN(c2c(F)cccc2[N+](=O)[O-])CC1)C(=O)O. The Labute approximate surface area is 127 Å². The zero-order valence-electron chi connectivity index (χ0n) is 12.2. The minimum absolute atomic E-state index is 0.0255. The van der Waals surface area contributed by atoms with Crippen molar-refractivity contribution in [2.75, 3.05) is 31.6 Å². The van der Waals surface area contributed by atoms with Gasteiger partial charge in [0.05, 0.1) is 4.92 Å². The Morgan fingerprint density at radius 3 is 2.68 bits per heavy atom. The van der Waals surface area contributed by atoms with Crippen molar-refractivity contribution in [2.45, 2.75) is 12.8 Å². The number of para-hydroxylation sites is 1. The lowest BCUT2D eigenvalue weighted by atomic mass is 9.95. The molecule has 0 atom stereocenters. The highest BCUT2D eigenvalue weighted by atomic mass is 19.1. The molecule has 7 nitrogen and oxygen atoms in total. The molecule has 1 aromatic carbocycles. The predicted molar refractivity (Wildman–Crippen MR) is 78.6 cm³/mol. The third kappa shape index (κ3) is 3.44. The van der Waals surface area contributed by atoms with Crippen LogP contribution in [0.15, 0.2) is 18.2 Å². The fraction of sp³-hybridized carbons (Fsp3) is 0.500. The molecule has 0 bridgehead atoms. The first kappa shape index (κ1) is 16.0. The number of benzene rings is 1. The highest BCUT2D eigenvalue weighted by molar-refractivity contribution is 5.65. The second-order valence-corrected chi connectivity index (χ2v) is 5.46.